The summed E-state index contributed by atoms with van der Waals surface area (Å²) in [7, 11) is 0. The molecule has 1 N–H and O–H groups in total. The third kappa shape index (κ3) is 2.20. The lowest BCUT2D eigenvalue weighted by molar-refractivity contribution is 0.0598. The van der Waals surface area contributed by atoms with E-state index in [9.17, 15) is 9.59 Å². The lowest BCUT2D eigenvalue weighted by Crippen LogP contribution is -2.50. The van der Waals surface area contributed by atoms with Crippen LogP contribution in [0, 0.1) is 0 Å². The van der Waals surface area contributed by atoms with Gasteiger partial charge in [0.2, 0.25) is 0 Å². The number of benzene rings is 1. The molecule has 2 heterocycles. The molecule has 20 heavy (non-hydrogen) atoms. The van der Waals surface area contributed by atoms with Gasteiger partial charge >= 0.3 is 6.09 Å². The summed E-state index contributed by atoms with van der Waals surface area (Å²) >= 11 is 0. The molecular formula is C14H14N2O4. The minimum absolute atomic E-state index is 0.189. The first-order valence-electron chi connectivity index (χ1n) is 6.41. The Morgan fingerprint density at radius 3 is 2.35 bits per heavy atom. The van der Waals surface area contributed by atoms with Crippen LogP contribution in [0.15, 0.2) is 34.7 Å². The van der Waals surface area contributed by atoms with Gasteiger partial charge in [0, 0.05) is 31.6 Å². The van der Waals surface area contributed by atoms with Crippen molar-refractivity contribution >= 4 is 23.0 Å². The van der Waals surface area contributed by atoms with Crippen LogP contribution in [0.4, 0.5) is 4.79 Å². The van der Waals surface area contributed by atoms with E-state index in [-0.39, 0.29) is 5.91 Å². The lowest BCUT2D eigenvalue weighted by atomic mass is 10.2. The smallest absolute Gasteiger partial charge is 0.407 e. The molecule has 2 aromatic rings. The number of hydrogen-bond donors (Lipinski definition) is 1. The average molecular weight is 274 g/mol. The Kier molecular flexibility index (Phi) is 3.06. The molecule has 6 nitrogen and oxygen atoms in total. The van der Waals surface area contributed by atoms with Crippen LogP contribution in [0.2, 0.25) is 0 Å². The number of carboxylic acid groups (broad SMARTS) is 1. The summed E-state index contributed by atoms with van der Waals surface area (Å²) in [6.45, 7) is 1.45. The quantitative estimate of drug-likeness (QED) is 0.861. The molecule has 1 aromatic carbocycles. The molecule has 0 unspecified atom stereocenters. The van der Waals surface area contributed by atoms with Gasteiger partial charge in [-0.05, 0) is 12.1 Å². The summed E-state index contributed by atoms with van der Waals surface area (Å²) < 4.78 is 5.54. The van der Waals surface area contributed by atoms with Crippen molar-refractivity contribution < 1.29 is 19.1 Å². The van der Waals surface area contributed by atoms with Gasteiger partial charge in [-0.2, -0.15) is 0 Å². The zero-order valence-electron chi connectivity index (χ0n) is 10.8. The monoisotopic (exact) mass is 274 g/mol. The third-order valence-electron chi connectivity index (χ3n) is 3.47. The lowest BCUT2D eigenvalue weighted by Gasteiger charge is -2.32. The molecule has 0 bridgehead atoms. The van der Waals surface area contributed by atoms with E-state index in [0.717, 1.165) is 5.39 Å². The second kappa shape index (κ2) is 4.88. The Balaban J connectivity index is 1.75. The molecule has 3 rings (SSSR count). The van der Waals surface area contributed by atoms with Crippen LogP contribution in [0.3, 0.4) is 0 Å². The van der Waals surface area contributed by atoms with E-state index in [1.165, 1.54) is 4.90 Å². The van der Waals surface area contributed by atoms with Gasteiger partial charge in [-0.3, -0.25) is 4.79 Å². The number of para-hydroxylation sites is 1. The highest BCUT2D eigenvalue weighted by molar-refractivity contribution is 5.96. The molecule has 2 amide bonds. The van der Waals surface area contributed by atoms with Gasteiger partial charge in [0.1, 0.15) is 5.58 Å². The summed E-state index contributed by atoms with van der Waals surface area (Å²) in [6.07, 6.45) is -0.944. The van der Waals surface area contributed by atoms with Gasteiger partial charge in [0.15, 0.2) is 5.76 Å². The summed E-state index contributed by atoms with van der Waals surface area (Å²) in [4.78, 5) is 26.1. The molecule has 104 valence electrons. The Bertz CT molecular complexity index is 623. The fourth-order valence-electron chi connectivity index (χ4n) is 2.34. The molecule has 0 radical (unpaired) electrons. The molecule has 1 aliphatic rings. The van der Waals surface area contributed by atoms with E-state index in [4.69, 9.17) is 9.52 Å². The van der Waals surface area contributed by atoms with Crippen molar-refractivity contribution in [3.05, 3.63) is 36.1 Å². The Labute approximate surface area is 115 Å². The van der Waals surface area contributed by atoms with Crippen LogP contribution in [0.5, 0.6) is 0 Å². The Hall–Kier alpha value is -2.50. The summed E-state index contributed by atoms with van der Waals surface area (Å²) in [5, 5.41) is 9.77. The maximum atomic E-state index is 12.3. The molecule has 0 aliphatic carbocycles. The Morgan fingerprint density at radius 1 is 1.05 bits per heavy atom. The second-order valence-electron chi connectivity index (χ2n) is 4.71. The van der Waals surface area contributed by atoms with Crippen LogP contribution < -0.4 is 0 Å². The van der Waals surface area contributed by atoms with Crippen LogP contribution in [-0.4, -0.2) is 53.1 Å². The fourth-order valence-corrected chi connectivity index (χ4v) is 2.34. The van der Waals surface area contributed by atoms with Crippen molar-refractivity contribution in [1.29, 1.82) is 0 Å². The van der Waals surface area contributed by atoms with Crippen molar-refractivity contribution in [2.24, 2.45) is 0 Å². The van der Waals surface area contributed by atoms with E-state index in [1.807, 2.05) is 24.3 Å². The van der Waals surface area contributed by atoms with Gasteiger partial charge in [0.25, 0.3) is 5.91 Å². The first kappa shape index (κ1) is 12.5. The van der Waals surface area contributed by atoms with Gasteiger partial charge in [-0.15, -0.1) is 0 Å². The van der Waals surface area contributed by atoms with Crippen molar-refractivity contribution in [3.8, 4) is 0 Å². The molecule has 6 heteroatoms. The van der Waals surface area contributed by atoms with Crippen LogP contribution in [0.1, 0.15) is 10.6 Å². The largest absolute Gasteiger partial charge is 0.465 e. The summed E-state index contributed by atoms with van der Waals surface area (Å²) in [6, 6.07) is 9.16. The normalized spacial score (nSPS) is 15.6. The zero-order chi connectivity index (χ0) is 14.1. The van der Waals surface area contributed by atoms with Crippen molar-refractivity contribution in [2.45, 2.75) is 0 Å². The number of piperazine rings is 1. The number of carbonyl (C=O) groups is 2. The Morgan fingerprint density at radius 2 is 1.70 bits per heavy atom. The summed E-state index contributed by atoms with van der Waals surface area (Å²) in [5.74, 6) is 0.112. The second-order valence-corrected chi connectivity index (χ2v) is 4.71. The van der Waals surface area contributed by atoms with Gasteiger partial charge in [0.05, 0.1) is 0 Å². The summed E-state index contributed by atoms with van der Waals surface area (Å²) in [5.41, 5.74) is 0.681. The van der Waals surface area contributed by atoms with Gasteiger partial charge < -0.3 is 19.3 Å². The predicted molar refractivity (Wildman–Crippen MR) is 71.7 cm³/mol. The third-order valence-corrected chi connectivity index (χ3v) is 3.47. The first-order chi connectivity index (χ1) is 9.65. The number of furan rings is 1. The van der Waals surface area contributed by atoms with Crippen LogP contribution in [-0.2, 0) is 0 Å². The highest BCUT2D eigenvalue weighted by atomic mass is 16.4. The average Bonchev–Trinajstić information content (AvgIpc) is 2.90. The van der Waals surface area contributed by atoms with Crippen molar-refractivity contribution in [2.75, 3.05) is 26.2 Å². The first-order valence-corrected chi connectivity index (χ1v) is 6.41. The molecule has 1 aliphatic heterocycles. The maximum absolute atomic E-state index is 12.3. The SMILES string of the molecule is O=C(O)N1CCN(C(=O)c2cc3ccccc3o2)CC1. The number of fused-ring (bicyclic) bond motifs is 1. The molecule has 1 aromatic heterocycles. The highest BCUT2D eigenvalue weighted by Crippen LogP contribution is 2.20. The molecule has 1 saturated heterocycles. The highest BCUT2D eigenvalue weighted by Gasteiger charge is 2.26. The van der Waals surface area contributed by atoms with Crippen molar-refractivity contribution in [1.82, 2.24) is 9.80 Å². The van der Waals surface area contributed by atoms with E-state index in [1.54, 1.807) is 11.0 Å². The van der Waals surface area contributed by atoms with Gasteiger partial charge in [-0.1, -0.05) is 18.2 Å². The van der Waals surface area contributed by atoms with Crippen LogP contribution >= 0.6 is 0 Å². The molecule has 1 fully saturated rings. The molecule has 0 saturated carbocycles. The minimum Gasteiger partial charge on any atom is -0.465 e. The van der Waals surface area contributed by atoms with Crippen LogP contribution in [0.25, 0.3) is 11.0 Å². The van der Waals surface area contributed by atoms with E-state index < -0.39 is 6.09 Å². The van der Waals surface area contributed by atoms with Crippen molar-refractivity contribution in [3.63, 3.8) is 0 Å². The molecular weight excluding hydrogens is 260 g/mol. The van der Waals surface area contributed by atoms with E-state index in [0.29, 0.717) is 37.5 Å². The fraction of sp³-hybridized carbons (Fsp3) is 0.286. The number of hydrogen-bond acceptors (Lipinski definition) is 3. The molecule has 0 atom stereocenters. The van der Waals surface area contributed by atoms with E-state index >= 15 is 0 Å². The number of nitrogens with zero attached hydrogens (tertiary/aromatic N) is 2. The predicted octanol–water partition coefficient (Wildman–Crippen LogP) is 1.87. The topological polar surface area (TPSA) is 74.0 Å². The van der Waals surface area contributed by atoms with E-state index in [2.05, 4.69) is 0 Å². The zero-order valence-corrected chi connectivity index (χ0v) is 10.8. The number of carbonyl (C=O) groups excluding carboxylic acids is 1. The number of amides is 2. The molecule has 0 spiro atoms. The minimum atomic E-state index is -0.944. The maximum Gasteiger partial charge on any atom is 0.407 e. The van der Waals surface area contributed by atoms with Gasteiger partial charge in [-0.25, -0.2) is 4.79 Å². The standard InChI is InChI=1S/C14H14N2O4/c17-13(15-5-7-16(8-6-15)14(18)19)12-9-10-3-1-2-4-11(10)20-12/h1-4,9H,5-8H2,(H,18,19). The number of rotatable bonds is 1.